The lowest BCUT2D eigenvalue weighted by molar-refractivity contribution is 0.482. The highest BCUT2D eigenvalue weighted by atomic mass is 32.2. The van der Waals surface area contributed by atoms with Gasteiger partial charge >= 0.3 is 0 Å². The van der Waals surface area contributed by atoms with Gasteiger partial charge in [-0.25, -0.2) is 0 Å². The van der Waals surface area contributed by atoms with E-state index in [0.717, 1.165) is 34.8 Å². The summed E-state index contributed by atoms with van der Waals surface area (Å²) >= 11 is 14.6. The molecule has 0 amide bonds. The summed E-state index contributed by atoms with van der Waals surface area (Å²) < 4.78 is 2.14. The fraction of sp³-hybridized carbons (Fsp3) is 0.889. The van der Waals surface area contributed by atoms with Crippen molar-refractivity contribution < 1.29 is 0 Å². The number of thiocarbonyl (C=S) groups is 2. The molecule has 0 atom stereocenters. The van der Waals surface area contributed by atoms with Crippen molar-refractivity contribution in [1.82, 2.24) is 9.80 Å². The monoisotopic (exact) mass is 408 g/mol. The van der Waals surface area contributed by atoms with Crippen molar-refractivity contribution in [3.8, 4) is 0 Å². The summed E-state index contributed by atoms with van der Waals surface area (Å²) in [6.45, 7) is 12.8. The SMILES string of the molecule is CCN(CC)C(=S)SCCCCCCCCSC(=S)N(CC)CC. The molecular formula is C18H36N2S4. The molecule has 6 heteroatoms. The van der Waals surface area contributed by atoms with Crippen LogP contribution >= 0.6 is 48.0 Å². The van der Waals surface area contributed by atoms with Crippen LogP contribution in [-0.4, -0.2) is 56.1 Å². The summed E-state index contributed by atoms with van der Waals surface area (Å²) in [5, 5.41) is 0. The van der Waals surface area contributed by atoms with E-state index in [9.17, 15) is 0 Å². The topological polar surface area (TPSA) is 6.48 Å². The van der Waals surface area contributed by atoms with Crippen molar-refractivity contribution in [2.45, 2.75) is 66.2 Å². The van der Waals surface area contributed by atoms with Crippen LogP contribution in [0.2, 0.25) is 0 Å². The van der Waals surface area contributed by atoms with E-state index in [2.05, 4.69) is 37.5 Å². The Balaban J connectivity index is 3.43. The first-order valence-corrected chi connectivity index (χ1v) is 12.2. The first-order chi connectivity index (χ1) is 11.6. The molecule has 0 aliphatic carbocycles. The maximum Gasteiger partial charge on any atom is 0.136 e. The summed E-state index contributed by atoms with van der Waals surface area (Å²) in [6, 6.07) is 0. The lowest BCUT2D eigenvalue weighted by Gasteiger charge is -2.20. The van der Waals surface area contributed by atoms with E-state index in [4.69, 9.17) is 24.4 Å². The van der Waals surface area contributed by atoms with Crippen LogP contribution in [0.15, 0.2) is 0 Å². The third-order valence-corrected chi connectivity index (χ3v) is 7.25. The predicted molar refractivity (Wildman–Crippen MR) is 124 cm³/mol. The second-order valence-electron chi connectivity index (χ2n) is 5.69. The summed E-state index contributed by atoms with van der Waals surface area (Å²) in [4.78, 5) is 4.53. The van der Waals surface area contributed by atoms with Crippen LogP contribution in [0, 0.1) is 0 Å². The zero-order valence-corrected chi connectivity index (χ0v) is 19.3. The van der Waals surface area contributed by atoms with Gasteiger partial charge in [0.15, 0.2) is 0 Å². The van der Waals surface area contributed by atoms with E-state index in [-0.39, 0.29) is 0 Å². The first kappa shape index (κ1) is 24.5. The minimum atomic E-state index is 1.03. The Labute approximate surface area is 169 Å². The normalized spacial score (nSPS) is 10.7. The van der Waals surface area contributed by atoms with Crippen LogP contribution in [-0.2, 0) is 0 Å². The van der Waals surface area contributed by atoms with Gasteiger partial charge in [-0.2, -0.15) is 0 Å². The maximum atomic E-state index is 5.45. The zero-order chi connectivity index (χ0) is 18.2. The average molecular weight is 409 g/mol. The van der Waals surface area contributed by atoms with Gasteiger partial charge in [-0.15, -0.1) is 0 Å². The van der Waals surface area contributed by atoms with E-state index < -0.39 is 0 Å². The van der Waals surface area contributed by atoms with Crippen molar-refractivity contribution in [3.63, 3.8) is 0 Å². The van der Waals surface area contributed by atoms with Crippen LogP contribution in [0.4, 0.5) is 0 Å². The molecule has 0 aromatic heterocycles. The Hall–Kier alpha value is 0.480. The number of rotatable bonds is 13. The van der Waals surface area contributed by atoms with Gasteiger partial charge in [-0.3, -0.25) is 0 Å². The molecule has 0 unspecified atom stereocenters. The molecule has 0 aromatic rings. The number of hydrogen-bond donors (Lipinski definition) is 0. The molecule has 0 aliphatic rings. The molecule has 0 spiro atoms. The molecule has 0 rings (SSSR count). The van der Waals surface area contributed by atoms with Crippen LogP contribution < -0.4 is 0 Å². The average Bonchev–Trinajstić information content (AvgIpc) is 2.58. The van der Waals surface area contributed by atoms with Gasteiger partial charge in [0, 0.05) is 37.7 Å². The van der Waals surface area contributed by atoms with Gasteiger partial charge in [-0.1, -0.05) is 73.6 Å². The van der Waals surface area contributed by atoms with Gasteiger partial charge in [0.05, 0.1) is 0 Å². The van der Waals surface area contributed by atoms with Gasteiger partial charge in [0.1, 0.15) is 8.64 Å². The minimum Gasteiger partial charge on any atom is -0.358 e. The molecule has 0 heterocycles. The van der Waals surface area contributed by atoms with E-state index in [0.29, 0.717) is 0 Å². The van der Waals surface area contributed by atoms with E-state index >= 15 is 0 Å². The molecule has 0 radical (unpaired) electrons. The summed E-state index contributed by atoms with van der Waals surface area (Å²) in [5.74, 6) is 2.34. The molecule has 0 N–H and O–H groups in total. The lowest BCUT2D eigenvalue weighted by Crippen LogP contribution is -2.26. The van der Waals surface area contributed by atoms with Gasteiger partial charge in [-0.05, 0) is 40.5 Å². The third kappa shape index (κ3) is 11.9. The zero-order valence-electron chi connectivity index (χ0n) is 16.0. The highest BCUT2D eigenvalue weighted by molar-refractivity contribution is 8.23. The van der Waals surface area contributed by atoms with Crippen molar-refractivity contribution >= 4 is 56.6 Å². The molecule has 0 saturated carbocycles. The van der Waals surface area contributed by atoms with Crippen LogP contribution in [0.3, 0.4) is 0 Å². The van der Waals surface area contributed by atoms with Crippen LogP contribution in [0.1, 0.15) is 66.2 Å². The molecule has 24 heavy (non-hydrogen) atoms. The molecular weight excluding hydrogens is 372 g/mol. The molecule has 0 bridgehead atoms. The highest BCUT2D eigenvalue weighted by Crippen LogP contribution is 2.16. The second kappa shape index (κ2) is 16.9. The molecule has 0 aromatic carbocycles. The van der Waals surface area contributed by atoms with Crippen molar-refractivity contribution in [1.29, 1.82) is 0 Å². The quantitative estimate of drug-likeness (QED) is 0.268. The Bertz CT molecular complexity index is 297. The minimum absolute atomic E-state index is 1.03. The van der Waals surface area contributed by atoms with E-state index in [1.54, 1.807) is 0 Å². The largest absolute Gasteiger partial charge is 0.358 e. The summed E-state index contributed by atoms with van der Waals surface area (Å²) in [5.41, 5.74) is 0. The second-order valence-corrected chi connectivity index (χ2v) is 9.15. The number of thioether (sulfide) groups is 2. The van der Waals surface area contributed by atoms with Crippen molar-refractivity contribution in [2.75, 3.05) is 37.7 Å². The summed E-state index contributed by atoms with van der Waals surface area (Å²) in [6.07, 6.45) is 7.94. The molecule has 0 fully saturated rings. The molecule has 0 aliphatic heterocycles. The summed E-state index contributed by atoms with van der Waals surface area (Å²) in [7, 11) is 0. The molecule has 2 nitrogen and oxygen atoms in total. The fourth-order valence-electron chi connectivity index (χ4n) is 2.38. The number of unbranched alkanes of at least 4 members (excludes halogenated alkanes) is 5. The predicted octanol–water partition coefficient (Wildman–Crippen LogP) is 6.05. The smallest absolute Gasteiger partial charge is 0.136 e. The Morgan fingerprint density at radius 2 is 0.875 bits per heavy atom. The Morgan fingerprint density at radius 1 is 0.583 bits per heavy atom. The highest BCUT2D eigenvalue weighted by Gasteiger charge is 2.06. The fourth-order valence-corrected chi connectivity index (χ4v) is 5.32. The Kier molecular flexibility index (Phi) is 17.3. The van der Waals surface area contributed by atoms with Crippen LogP contribution in [0.25, 0.3) is 0 Å². The number of hydrogen-bond acceptors (Lipinski definition) is 4. The lowest BCUT2D eigenvalue weighted by atomic mass is 10.1. The molecule has 142 valence electrons. The Morgan fingerprint density at radius 3 is 1.17 bits per heavy atom. The van der Waals surface area contributed by atoms with Gasteiger partial charge < -0.3 is 9.80 Å². The van der Waals surface area contributed by atoms with Gasteiger partial charge in [0.2, 0.25) is 0 Å². The van der Waals surface area contributed by atoms with Crippen molar-refractivity contribution in [2.24, 2.45) is 0 Å². The van der Waals surface area contributed by atoms with E-state index in [1.165, 1.54) is 50.0 Å². The van der Waals surface area contributed by atoms with Gasteiger partial charge in [0.25, 0.3) is 0 Å². The first-order valence-electron chi connectivity index (χ1n) is 9.43. The van der Waals surface area contributed by atoms with Crippen LogP contribution in [0.5, 0.6) is 0 Å². The number of nitrogens with zero attached hydrogens (tertiary/aromatic N) is 2. The standard InChI is InChI=1S/C18H36N2S4/c1-5-19(6-2)17(21)23-15-13-11-9-10-12-14-16-24-18(22)20(7-3)8-4/h5-16H2,1-4H3. The van der Waals surface area contributed by atoms with E-state index in [1.807, 2.05) is 23.5 Å². The maximum absolute atomic E-state index is 5.45. The van der Waals surface area contributed by atoms with Crippen molar-refractivity contribution in [3.05, 3.63) is 0 Å². The third-order valence-electron chi connectivity index (χ3n) is 4.03. The molecule has 0 saturated heterocycles.